The maximum absolute atomic E-state index is 11.3. The Morgan fingerprint density at radius 3 is 1.60 bits per heavy atom. The van der Waals surface area contributed by atoms with Gasteiger partial charge in [0.25, 0.3) is 0 Å². The molecule has 0 aromatic heterocycles. The van der Waals surface area contributed by atoms with E-state index in [4.69, 9.17) is 0 Å². The maximum Gasteiger partial charge on any atom is 0.219 e. The van der Waals surface area contributed by atoms with E-state index in [-0.39, 0.29) is 11.8 Å². The van der Waals surface area contributed by atoms with Crippen LogP contribution >= 0.6 is 0 Å². The van der Waals surface area contributed by atoms with Crippen LogP contribution in [0.1, 0.15) is 52.4 Å². The highest BCUT2D eigenvalue weighted by molar-refractivity contribution is 5.76. The van der Waals surface area contributed by atoms with Gasteiger partial charge in [-0.1, -0.05) is 13.8 Å². The van der Waals surface area contributed by atoms with Gasteiger partial charge < -0.3 is 15.5 Å². The van der Waals surface area contributed by atoms with Crippen molar-refractivity contribution in [3.63, 3.8) is 0 Å². The van der Waals surface area contributed by atoms with Crippen molar-refractivity contribution in [2.45, 2.75) is 52.4 Å². The zero-order chi connectivity index (χ0) is 15.2. The molecule has 0 spiro atoms. The second-order valence-corrected chi connectivity index (χ2v) is 5.21. The molecule has 0 aromatic rings. The Bertz CT molecular complexity index is 244. The first-order valence-electron chi connectivity index (χ1n) is 7.82. The number of carbonyl (C=O) groups excluding carboxylic acids is 2. The highest BCUT2D eigenvalue weighted by atomic mass is 16.2. The van der Waals surface area contributed by atoms with E-state index in [2.05, 4.69) is 22.6 Å². The number of hydrogen-bond acceptors (Lipinski definition) is 3. The van der Waals surface area contributed by atoms with Gasteiger partial charge in [0.1, 0.15) is 0 Å². The minimum absolute atomic E-state index is 0.147. The summed E-state index contributed by atoms with van der Waals surface area (Å²) in [6.07, 6.45) is 4.97. The Morgan fingerprint density at radius 1 is 0.850 bits per heavy atom. The third kappa shape index (κ3) is 12.0. The average Bonchev–Trinajstić information content (AvgIpc) is 2.40. The molecule has 0 aromatic carbocycles. The van der Waals surface area contributed by atoms with E-state index < -0.39 is 0 Å². The van der Waals surface area contributed by atoms with Gasteiger partial charge in [-0.15, -0.1) is 0 Å². The summed E-state index contributed by atoms with van der Waals surface area (Å²) in [7, 11) is 2.07. The summed E-state index contributed by atoms with van der Waals surface area (Å²) in [5.74, 6) is 0.294. The summed E-state index contributed by atoms with van der Waals surface area (Å²) < 4.78 is 0. The lowest BCUT2D eigenvalue weighted by atomic mass is 10.3. The quantitative estimate of drug-likeness (QED) is 0.535. The van der Waals surface area contributed by atoms with Crippen LogP contribution < -0.4 is 10.6 Å². The van der Waals surface area contributed by atoms with Crippen LogP contribution in [-0.2, 0) is 9.59 Å². The molecule has 0 saturated carbocycles. The van der Waals surface area contributed by atoms with Crippen LogP contribution in [0.2, 0.25) is 0 Å². The topological polar surface area (TPSA) is 61.4 Å². The zero-order valence-corrected chi connectivity index (χ0v) is 13.3. The van der Waals surface area contributed by atoms with Crippen molar-refractivity contribution in [2.75, 3.05) is 33.2 Å². The second-order valence-electron chi connectivity index (χ2n) is 5.21. The van der Waals surface area contributed by atoms with Gasteiger partial charge in [0.05, 0.1) is 0 Å². The molecule has 0 aliphatic heterocycles. The SMILES string of the molecule is CCCC(=O)NCCCN(C)CCCNC(=O)CCC. The lowest BCUT2D eigenvalue weighted by Gasteiger charge is -2.16. The molecule has 5 nitrogen and oxygen atoms in total. The third-order valence-corrected chi connectivity index (χ3v) is 3.03. The van der Waals surface area contributed by atoms with Crippen molar-refractivity contribution in [1.29, 1.82) is 0 Å². The predicted molar refractivity (Wildman–Crippen MR) is 82.6 cm³/mol. The molecule has 0 atom stereocenters. The molecule has 2 N–H and O–H groups in total. The normalized spacial score (nSPS) is 10.6. The molecule has 0 rings (SSSR count). The highest BCUT2D eigenvalue weighted by Gasteiger charge is 2.02. The highest BCUT2D eigenvalue weighted by Crippen LogP contribution is 1.91. The van der Waals surface area contributed by atoms with Crippen molar-refractivity contribution < 1.29 is 9.59 Å². The van der Waals surface area contributed by atoms with Crippen molar-refractivity contribution >= 4 is 11.8 Å². The Kier molecular flexibility index (Phi) is 12.2. The number of rotatable bonds is 12. The van der Waals surface area contributed by atoms with Crippen molar-refractivity contribution in [2.24, 2.45) is 0 Å². The first-order valence-corrected chi connectivity index (χ1v) is 7.82. The van der Waals surface area contributed by atoms with Crippen LogP contribution in [0.15, 0.2) is 0 Å². The zero-order valence-electron chi connectivity index (χ0n) is 13.3. The first kappa shape index (κ1) is 18.9. The summed E-state index contributed by atoms with van der Waals surface area (Å²) in [4.78, 5) is 24.7. The van der Waals surface area contributed by atoms with E-state index in [9.17, 15) is 9.59 Å². The largest absolute Gasteiger partial charge is 0.356 e. The minimum Gasteiger partial charge on any atom is -0.356 e. The maximum atomic E-state index is 11.3. The fourth-order valence-corrected chi connectivity index (χ4v) is 1.90. The molecular formula is C15H31N3O2. The van der Waals surface area contributed by atoms with Gasteiger partial charge >= 0.3 is 0 Å². The molecule has 0 fully saturated rings. The molecule has 0 saturated heterocycles. The summed E-state index contributed by atoms with van der Waals surface area (Å²) in [5.41, 5.74) is 0. The molecule has 0 aliphatic carbocycles. The van der Waals surface area contributed by atoms with Crippen molar-refractivity contribution in [3.05, 3.63) is 0 Å². The lowest BCUT2D eigenvalue weighted by Crippen LogP contribution is -2.30. The van der Waals surface area contributed by atoms with Crippen molar-refractivity contribution in [1.82, 2.24) is 15.5 Å². The molecule has 0 radical (unpaired) electrons. The summed E-state index contributed by atoms with van der Waals surface area (Å²) in [6.45, 7) is 7.44. The first-order chi connectivity index (χ1) is 9.60. The number of hydrogen-bond donors (Lipinski definition) is 2. The molecule has 20 heavy (non-hydrogen) atoms. The summed E-state index contributed by atoms with van der Waals surface area (Å²) in [5, 5.41) is 5.83. The lowest BCUT2D eigenvalue weighted by molar-refractivity contribution is -0.121. The van der Waals surface area contributed by atoms with Crippen LogP contribution in [0.3, 0.4) is 0 Å². The Hall–Kier alpha value is -1.10. The van der Waals surface area contributed by atoms with Crippen molar-refractivity contribution in [3.8, 4) is 0 Å². The fourth-order valence-electron chi connectivity index (χ4n) is 1.90. The van der Waals surface area contributed by atoms with Gasteiger partial charge in [0, 0.05) is 25.9 Å². The van der Waals surface area contributed by atoms with Crippen LogP contribution in [0, 0.1) is 0 Å². The number of nitrogens with one attached hydrogen (secondary N) is 2. The van der Waals surface area contributed by atoms with E-state index in [1.165, 1.54) is 0 Å². The predicted octanol–water partition coefficient (Wildman–Crippen LogP) is 1.53. The fraction of sp³-hybridized carbons (Fsp3) is 0.867. The Morgan fingerprint density at radius 2 is 1.25 bits per heavy atom. The Labute approximate surface area is 123 Å². The van der Waals surface area contributed by atoms with Gasteiger partial charge in [-0.05, 0) is 45.8 Å². The smallest absolute Gasteiger partial charge is 0.219 e. The molecule has 0 aliphatic rings. The summed E-state index contributed by atoms with van der Waals surface area (Å²) >= 11 is 0. The number of nitrogens with zero attached hydrogens (tertiary/aromatic N) is 1. The van der Waals surface area contributed by atoms with Gasteiger partial charge in [0.2, 0.25) is 11.8 Å². The molecule has 5 heteroatoms. The van der Waals surface area contributed by atoms with E-state index >= 15 is 0 Å². The summed E-state index contributed by atoms with van der Waals surface area (Å²) in [6, 6.07) is 0. The van der Waals surface area contributed by atoms with E-state index in [0.29, 0.717) is 12.8 Å². The third-order valence-electron chi connectivity index (χ3n) is 3.03. The van der Waals surface area contributed by atoms with Gasteiger partial charge in [-0.3, -0.25) is 9.59 Å². The molecule has 0 unspecified atom stereocenters. The molecule has 0 heterocycles. The van der Waals surface area contributed by atoms with Gasteiger partial charge in [0.15, 0.2) is 0 Å². The average molecular weight is 285 g/mol. The molecule has 2 amide bonds. The van der Waals surface area contributed by atoms with Crippen LogP contribution in [-0.4, -0.2) is 49.9 Å². The van der Waals surface area contributed by atoms with Crippen LogP contribution in [0.25, 0.3) is 0 Å². The molecule has 118 valence electrons. The Balaban J connectivity index is 3.39. The molecule has 0 bridgehead atoms. The van der Waals surface area contributed by atoms with Gasteiger partial charge in [-0.2, -0.15) is 0 Å². The second kappa shape index (κ2) is 12.9. The number of carbonyl (C=O) groups is 2. The standard InChI is InChI=1S/C15H31N3O2/c1-4-8-14(19)16-10-6-12-18(3)13-7-11-17-15(20)9-5-2/h4-13H2,1-3H3,(H,16,19)(H,17,20). The van der Waals surface area contributed by atoms with Crippen LogP contribution in [0.4, 0.5) is 0 Å². The minimum atomic E-state index is 0.147. The van der Waals surface area contributed by atoms with E-state index in [1.54, 1.807) is 0 Å². The van der Waals surface area contributed by atoms with E-state index in [1.807, 2.05) is 13.8 Å². The van der Waals surface area contributed by atoms with E-state index in [0.717, 1.165) is 51.9 Å². The molecular weight excluding hydrogens is 254 g/mol. The monoisotopic (exact) mass is 285 g/mol. The van der Waals surface area contributed by atoms with Crippen LogP contribution in [0.5, 0.6) is 0 Å². The van der Waals surface area contributed by atoms with Gasteiger partial charge in [-0.25, -0.2) is 0 Å². The number of amides is 2.